The molecule has 1 amide bonds. The van der Waals surface area contributed by atoms with Gasteiger partial charge in [0.25, 0.3) is 0 Å². The largest absolute Gasteiger partial charge is 0.312 e. The molecule has 2 aromatic carbocycles. The average Bonchev–Trinajstić information content (AvgIpc) is 3.04. The van der Waals surface area contributed by atoms with Crippen LogP contribution < -0.4 is 4.90 Å². The van der Waals surface area contributed by atoms with E-state index in [9.17, 15) is 13.6 Å². The summed E-state index contributed by atoms with van der Waals surface area (Å²) >= 11 is 1.36. The standard InChI is InChI=1S/C19H16F2N2OS/c1-2-23(17-8-4-7-15(21)10-17)18(24)11-16-12-25-19(22-16)13-5-3-6-14(20)9-13/h3-10,12H,2,11H2,1H3. The van der Waals surface area contributed by atoms with Crippen molar-refractivity contribution in [2.24, 2.45) is 0 Å². The molecule has 0 atom stereocenters. The van der Waals surface area contributed by atoms with Gasteiger partial charge in [-0.25, -0.2) is 13.8 Å². The van der Waals surface area contributed by atoms with E-state index in [2.05, 4.69) is 4.98 Å². The zero-order valence-electron chi connectivity index (χ0n) is 13.6. The van der Waals surface area contributed by atoms with Crippen LogP contribution in [-0.4, -0.2) is 17.4 Å². The predicted octanol–water partition coefficient (Wildman–Crippen LogP) is 4.68. The van der Waals surface area contributed by atoms with Crippen LogP contribution in [0.5, 0.6) is 0 Å². The van der Waals surface area contributed by atoms with Gasteiger partial charge in [0.2, 0.25) is 5.91 Å². The predicted molar refractivity (Wildman–Crippen MR) is 95.6 cm³/mol. The molecule has 0 saturated heterocycles. The highest BCUT2D eigenvalue weighted by Gasteiger charge is 2.17. The van der Waals surface area contributed by atoms with E-state index < -0.39 is 0 Å². The highest BCUT2D eigenvalue weighted by molar-refractivity contribution is 7.13. The number of thiazole rings is 1. The van der Waals surface area contributed by atoms with Crippen molar-refractivity contribution >= 4 is 22.9 Å². The molecule has 25 heavy (non-hydrogen) atoms. The summed E-state index contributed by atoms with van der Waals surface area (Å²) in [7, 11) is 0. The molecule has 0 radical (unpaired) electrons. The minimum atomic E-state index is -0.384. The number of amides is 1. The van der Waals surface area contributed by atoms with Crippen LogP contribution in [0, 0.1) is 11.6 Å². The first kappa shape index (κ1) is 17.2. The van der Waals surface area contributed by atoms with Gasteiger partial charge in [0.15, 0.2) is 0 Å². The number of benzene rings is 2. The Bertz CT molecular complexity index is 894. The fraction of sp³-hybridized carbons (Fsp3) is 0.158. The summed E-state index contributed by atoms with van der Waals surface area (Å²) in [6.45, 7) is 2.27. The molecule has 0 bridgehead atoms. The molecular weight excluding hydrogens is 342 g/mol. The molecule has 0 aliphatic rings. The second-order valence-electron chi connectivity index (χ2n) is 5.45. The number of hydrogen-bond donors (Lipinski definition) is 0. The first-order valence-corrected chi connectivity index (χ1v) is 8.71. The Kier molecular flexibility index (Phi) is 5.19. The van der Waals surface area contributed by atoms with Crippen molar-refractivity contribution in [3.8, 4) is 10.6 Å². The number of nitrogens with zero attached hydrogens (tertiary/aromatic N) is 2. The Labute approximate surface area is 148 Å². The number of carbonyl (C=O) groups is 1. The lowest BCUT2D eigenvalue weighted by Crippen LogP contribution is -2.32. The van der Waals surface area contributed by atoms with E-state index in [0.29, 0.717) is 28.5 Å². The van der Waals surface area contributed by atoms with Gasteiger partial charge in [-0.2, -0.15) is 0 Å². The second kappa shape index (κ2) is 7.53. The van der Waals surface area contributed by atoms with Crippen molar-refractivity contribution in [1.29, 1.82) is 0 Å². The molecule has 0 fully saturated rings. The van der Waals surface area contributed by atoms with Gasteiger partial charge in [0.1, 0.15) is 16.6 Å². The molecule has 3 nitrogen and oxygen atoms in total. The van der Waals surface area contributed by atoms with E-state index in [0.717, 1.165) is 0 Å². The van der Waals surface area contributed by atoms with Crippen molar-refractivity contribution in [1.82, 2.24) is 4.98 Å². The molecule has 0 N–H and O–H groups in total. The van der Waals surface area contributed by atoms with E-state index in [4.69, 9.17) is 0 Å². The maximum atomic E-state index is 13.4. The normalized spacial score (nSPS) is 10.7. The number of carbonyl (C=O) groups excluding carboxylic acids is 1. The van der Waals surface area contributed by atoms with Crippen LogP contribution in [0.4, 0.5) is 14.5 Å². The number of aromatic nitrogens is 1. The third-order valence-corrected chi connectivity index (χ3v) is 4.63. The van der Waals surface area contributed by atoms with E-state index in [1.54, 1.807) is 29.6 Å². The maximum absolute atomic E-state index is 13.4. The molecule has 6 heteroatoms. The number of likely N-dealkylation sites (N-methyl/N-ethyl adjacent to an activating group) is 1. The third kappa shape index (κ3) is 4.09. The van der Waals surface area contributed by atoms with Gasteiger partial charge in [0, 0.05) is 23.2 Å². The molecule has 0 aliphatic heterocycles. The highest BCUT2D eigenvalue weighted by atomic mass is 32.1. The van der Waals surface area contributed by atoms with Crippen LogP contribution in [0.25, 0.3) is 10.6 Å². The fourth-order valence-corrected chi connectivity index (χ4v) is 3.36. The smallest absolute Gasteiger partial charge is 0.233 e. The third-order valence-electron chi connectivity index (χ3n) is 3.69. The van der Waals surface area contributed by atoms with Gasteiger partial charge in [-0.1, -0.05) is 18.2 Å². The SMILES string of the molecule is CCN(C(=O)Cc1csc(-c2cccc(F)c2)n1)c1cccc(F)c1. The van der Waals surface area contributed by atoms with Crippen LogP contribution in [-0.2, 0) is 11.2 Å². The molecule has 3 aromatic rings. The number of rotatable bonds is 5. The number of anilines is 1. The lowest BCUT2D eigenvalue weighted by atomic mass is 10.2. The summed E-state index contributed by atoms with van der Waals surface area (Å²) in [6, 6.07) is 12.1. The highest BCUT2D eigenvalue weighted by Crippen LogP contribution is 2.25. The molecule has 1 aromatic heterocycles. The Morgan fingerprint density at radius 1 is 1.12 bits per heavy atom. The van der Waals surface area contributed by atoms with E-state index in [1.807, 2.05) is 6.92 Å². The van der Waals surface area contributed by atoms with Crippen molar-refractivity contribution in [3.63, 3.8) is 0 Å². The summed E-state index contributed by atoms with van der Waals surface area (Å²) in [5, 5.41) is 2.45. The Morgan fingerprint density at radius 3 is 2.52 bits per heavy atom. The van der Waals surface area contributed by atoms with Crippen LogP contribution in [0.1, 0.15) is 12.6 Å². The number of halogens is 2. The van der Waals surface area contributed by atoms with Crippen LogP contribution in [0.2, 0.25) is 0 Å². The van der Waals surface area contributed by atoms with Gasteiger partial charge in [-0.3, -0.25) is 4.79 Å². The van der Waals surface area contributed by atoms with Gasteiger partial charge >= 0.3 is 0 Å². The monoisotopic (exact) mass is 358 g/mol. The van der Waals surface area contributed by atoms with E-state index in [1.165, 1.54) is 40.5 Å². The minimum Gasteiger partial charge on any atom is -0.312 e. The zero-order valence-corrected chi connectivity index (χ0v) is 14.4. The van der Waals surface area contributed by atoms with Crippen LogP contribution in [0.3, 0.4) is 0 Å². The minimum absolute atomic E-state index is 0.107. The quantitative estimate of drug-likeness (QED) is 0.663. The zero-order chi connectivity index (χ0) is 17.8. The molecule has 0 spiro atoms. The van der Waals surface area contributed by atoms with Gasteiger partial charge in [-0.15, -0.1) is 11.3 Å². The van der Waals surface area contributed by atoms with Crippen molar-refractivity contribution in [2.75, 3.05) is 11.4 Å². The molecule has 128 valence electrons. The van der Waals surface area contributed by atoms with Crippen molar-refractivity contribution in [3.05, 3.63) is 71.2 Å². The van der Waals surface area contributed by atoms with E-state index in [-0.39, 0.29) is 24.0 Å². The Balaban J connectivity index is 1.76. The van der Waals surface area contributed by atoms with E-state index >= 15 is 0 Å². The lowest BCUT2D eigenvalue weighted by molar-refractivity contribution is -0.118. The molecule has 1 heterocycles. The summed E-state index contributed by atoms with van der Waals surface area (Å²) < 4.78 is 26.7. The topological polar surface area (TPSA) is 33.2 Å². The second-order valence-corrected chi connectivity index (χ2v) is 6.31. The van der Waals surface area contributed by atoms with Gasteiger partial charge < -0.3 is 4.90 Å². The molecule has 0 saturated carbocycles. The first-order valence-electron chi connectivity index (χ1n) is 7.83. The summed E-state index contributed by atoms with van der Waals surface area (Å²) in [5.41, 5.74) is 1.82. The average molecular weight is 358 g/mol. The maximum Gasteiger partial charge on any atom is 0.233 e. The fourth-order valence-electron chi connectivity index (χ4n) is 2.54. The lowest BCUT2D eigenvalue weighted by Gasteiger charge is -2.20. The van der Waals surface area contributed by atoms with Crippen molar-refractivity contribution < 1.29 is 13.6 Å². The molecule has 0 unspecified atom stereocenters. The molecule has 0 aliphatic carbocycles. The van der Waals surface area contributed by atoms with Gasteiger partial charge in [-0.05, 0) is 37.3 Å². The van der Waals surface area contributed by atoms with Gasteiger partial charge in [0.05, 0.1) is 12.1 Å². The Hall–Kier alpha value is -2.60. The van der Waals surface area contributed by atoms with Crippen LogP contribution in [0.15, 0.2) is 53.9 Å². The van der Waals surface area contributed by atoms with Crippen molar-refractivity contribution in [2.45, 2.75) is 13.3 Å². The molecule has 3 rings (SSSR count). The first-order chi connectivity index (χ1) is 12.1. The molecular formula is C19H16F2N2OS. The summed E-state index contributed by atoms with van der Waals surface area (Å²) in [5.74, 6) is -0.872. The summed E-state index contributed by atoms with van der Waals surface area (Å²) in [6.07, 6.45) is 0.107. The summed E-state index contributed by atoms with van der Waals surface area (Å²) in [4.78, 5) is 18.5. The Morgan fingerprint density at radius 2 is 1.84 bits per heavy atom. The number of hydrogen-bond acceptors (Lipinski definition) is 3. The van der Waals surface area contributed by atoms with Crippen LogP contribution >= 0.6 is 11.3 Å².